The van der Waals surface area contributed by atoms with Crippen LogP contribution in [0.3, 0.4) is 0 Å². The quantitative estimate of drug-likeness (QED) is 0.181. The lowest BCUT2D eigenvalue weighted by Gasteiger charge is -2.17. The molecule has 170 valence electrons. The number of aliphatic hydroxyl groups excluding tert-OH is 1. The Bertz CT molecular complexity index is 288. The molecule has 0 aromatic heterocycles. The predicted octanol–water partition coefficient (Wildman–Crippen LogP) is 9.46. The molecule has 0 saturated heterocycles. The summed E-state index contributed by atoms with van der Waals surface area (Å²) in [5.74, 6) is 1.57. The van der Waals surface area contributed by atoms with Gasteiger partial charge in [-0.15, -0.1) is 0 Å². The van der Waals surface area contributed by atoms with Crippen molar-refractivity contribution in [2.45, 2.75) is 162 Å². The molecule has 0 radical (unpaired) electrons. The molecule has 0 spiro atoms. The second-order valence-corrected chi connectivity index (χ2v) is 9.84. The van der Waals surface area contributed by atoms with E-state index < -0.39 is 0 Å². The Morgan fingerprint density at radius 2 is 0.786 bits per heavy atom. The van der Waals surface area contributed by atoms with Crippen LogP contribution in [0, 0.1) is 11.8 Å². The molecule has 0 aliphatic heterocycles. The number of aliphatic hydroxyl groups is 1. The van der Waals surface area contributed by atoms with E-state index in [0.717, 1.165) is 24.7 Å². The van der Waals surface area contributed by atoms with Gasteiger partial charge in [-0.2, -0.15) is 0 Å². The lowest BCUT2D eigenvalue weighted by molar-refractivity contribution is 0.136. The van der Waals surface area contributed by atoms with Crippen molar-refractivity contribution >= 4 is 0 Å². The molecule has 0 aliphatic rings. The largest absolute Gasteiger partial charge is 0.393 e. The van der Waals surface area contributed by atoms with Crippen molar-refractivity contribution < 1.29 is 5.11 Å². The molecule has 0 aromatic carbocycles. The Kier molecular flexibility index (Phi) is 21.6. The van der Waals surface area contributed by atoms with E-state index in [9.17, 15) is 5.11 Å². The van der Waals surface area contributed by atoms with Gasteiger partial charge < -0.3 is 5.11 Å². The van der Waals surface area contributed by atoms with Gasteiger partial charge in [-0.3, -0.25) is 0 Å². The highest BCUT2D eigenvalue weighted by Crippen LogP contribution is 2.21. The molecule has 1 unspecified atom stereocenters. The Hall–Kier alpha value is -0.0400. The minimum atomic E-state index is -0.0616. The third-order valence-electron chi connectivity index (χ3n) is 6.59. The van der Waals surface area contributed by atoms with Crippen LogP contribution in [-0.2, 0) is 0 Å². The van der Waals surface area contributed by atoms with E-state index in [1.165, 1.54) is 116 Å². The molecule has 0 aromatic rings. The van der Waals surface area contributed by atoms with Gasteiger partial charge in [0.15, 0.2) is 0 Å². The third-order valence-corrected chi connectivity index (χ3v) is 6.59. The fourth-order valence-corrected chi connectivity index (χ4v) is 4.27. The monoisotopic (exact) mass is 396 g/mol. The van der Waals surface area contributed by atoms with Gasteiger partial charge in [0.2, 0.25) is 0 Å². The van der Waals surface area contributed by atoms with Crippen molar-refractivity contribution in [3.63, 3.8) is 0 Å². The Balaban J connectivity index is 3.35. The van der Waals surface area contributed by atoms with E-state index in [-0.39, 0.29) is 6.10 Å². The zero-order valence-corrected chi connectivity index (χ0v) is 20.3. The predicted molar refractivity (Wildman–Crippen MR) is 128 cm³/mol. The van der Waals surface area contributed by atoms with Crippen LogP contribution in [0.15, 0.2) is 0 Å². The molecule has 1 N–H and O–H groups in total. The van der Waals surface area contributed by atoms with E-state index in [2.05, 4.69) is 27.7 Å². The minimum Gasteiger partial charge on any atom is -0.393 e. The molecular formula is C27H56O. The molecule has 0 bridgehead atoms. The SMILES string of the molecule is CCCCCCCCCCCCCC[C@H](C)CCC(O)CC[C@@H](C)CCCC. The van der Waals surface area contributed by atoms with Crippen molar-refractivity contribution in [2.24, 2.45) is 11.8 Å². The van der Waals surface area contributed by atoms with Gasteiger partial charge in [-0.25, -0.2) is 0 Å². The maximum absolute atomic E-state index is 10.2. The van der Waals surface area contributed by atoms with Crippen molar-refractivity contribution in [2.75, 3.05) is 0 Å². The van der Waals surface area contributed by atoms with Gasteiger partial charge in [0, 0.05) is 0 Å². The van der Waals surface area contributed by atoms with Crippen LogP contribution in [0.25, 0.3) is 0 Å². The zero-order chi connectivity index (χ0) is 20.9. The standard InChI is InChI=1S/C27H56O/c1-5-7-9-10-11-12-13-14-15-16-17-18-20-26(4)22-24-27(28)23-21-25(3)19-8-6-2/h25-28H,5-24H2,1-4H3/t25-,26-,27?/m0/s1. The normalized spacial score (nSPS) is 14.9. The van der Waals surface area contributed by atoms with Gasteiger partial charge in [0.1, 0.15) is 0 Å². The third kappa shape index (κ3) is 20.7. The summed E-state index contributed by atoms with van der Waals surface area (Å²) in [5, 5.41) is 10.2. The van der Waals surface area contributed by atoms with Crippen molar-refractivity contribution in [3.8, 4) is 0 Å². The number of unbranched alkanes of at least 4 members (excludes halogenated alkanes) is 12. The molecule has 0 fully saturated rings. The average Bonchev–Trinajstić information content (AvgIpc) is 2.69. The summed E-state index contributed by atoms with van der Waals surface area (Å²) in [7, 11) is 0. The topological polar surface area (TPSA) is 20.2 Å². The molecule has 0 heterocycles. The first-order chi connectivity index (χ1) is 13.6. The van der Waals surface area contributed by atoms with E-state index in [4.69, 9.17) is 0 Å². The van der Waals surface area contributed by atoms with E-state index >= 15 is 0 Å². The summed E-state index contributed by atoms with van der Waals surface area (Å²) in [6.07, 6.45) is 26.9. The summed E-state index contributed by atoms with van der Waals surface area (Å²) in [4.78, 5) is 0. The summed E-state index contributed by atoms with van der Waals surface area (Å²) < 4.78 is 0. The van der Waals surface area contributed by atoms with Gasteiger partial charge in [0.25, 0.3) is 0 Å². The highest BCUT2D eigenvalue weighted by Gasteiger charge is 2.10. The molecule has 3 atom stereocenters. The summed E-state index contributed by atoms with van der Waals surface area (Å²) in [6.45, 7) is 9.29. The van der Waals surface area contributed by atoms with Crippen LogP contribution in [0.5, 0.6) is 0 Å². The molecule has 0 amide bonds. The van der Waals surface area contributed by atoms with Crippen LogP contribution < -0.4 is 0 Å². The number of rotatable bonds is 22. The first-order valence-corrected chi connectivity index (χ1v) is 13.3. The summed E-state index contributed by atoms with van der Waals surface area (Å²) in [5.41, 5.74) is 0. The first-order valence-electron chi connectivity index (χ1n) is 13.3. The molecule has 0 aliphatic carbocycles. The van der Waals surface area contributed by atoms with E-state index in [1.807, 2.05) is 0 Å². The van der Waals surface area contributed by atoms with E-state index in [1.54, 1.807) is 0 Å². The minimum absolute atomic E-state index is 0.0616. The molecule has 0 saturated carbocycles. The summed E-state index contributed by atoms with van der Waals surface area (Å²) in [6, 6.07) is 0. The fourth-order valence-electron chi connectivity index (χ4n) is 4.27. The lowest BCUT2D eigenvalue weighted by atomic mass is 9.92. The van der Waals surface area contributed by atoms with Gasteiger partial charge in [-0.05, 0) is 37.5 Å². The van der Waals surface area contributed by atoms with Gasteiger partial charge in [0.05, 0.1) is 6.10 Å². The van der Waals surface area contributed by atoms with Gasteiger partial charge in [-0.1, -0.05) is 130 Å². The highest BCUT2D eigenvalue weighted by atomic mass is 16.3. The van der Waals surface area contributed by atoms with Crippen LogP contribution in [0.4, 0.5) is 0 Å². The zero-order valence-electron chi connectivity index (χ0n) is 20.3. The Morgan fingerprint density at radius 1 is 0.429 bits per heavy atom. The smallest absolute Gasteiger partial charge is 0.0540 e. The average molecular weight is 397 g/mol. The van der Waals surface area contributed by atoms with Gasteiger partial charge >= 0.3 is 0 Å². The molecular weight excluding hydrogens is 340 g/mol. The molecule has 0 rings (SSSR count). The van der Waals surface area contributed by atoms with Crippen LogP contribution in [0.2, 0.25) is 0 Å². The summed E-state index contributed by atoms with van der Waals surface area (Å²) >= 11 is 0. The second-order valence-electron chi connectivity index (χ2n) is 9.84. The molecule has 28 heavy (non-hydrogen) atoms. The van der Waals surface area contributed by atoms with Crippen molar-refractivity contribution in [1.29, 1.82) is 0 Å². The fraction of sp³-hybridized carbons (Fsp3) is 1.00. The Labute approximate surface area is 179 Å². The van der Waals surface area contributed by atoms with Crippen LogP contribution >= 0.6 is 0 Å². The van der Waals surface area contributed by atoms with Crippen LogP contribution in [-0.4, -0.2) is 11.2 Å². The molecule has 1 heteroatoms. The number of hydrogen-bond acceptors (Lipinski definition) is 1. The first kappa shape index (κ1) is 28.0. The van der Waals surface area contributed by atoms with E-state index in [0.29, 0.717) is 0 Å². The molecule has 1 nitrogen and oxygen atoms in total. The van der Waals surface area contributed by atoms with Crippen molar-refractivity contribution in [1.82, 2.24) is 0 Å². The maximum atomic E-state index is 10.2. The second kappa shape index (κ2) is 21.7. The van der Waals surface area contributed by atoms with Crippen molar-refractivity contribution in [3.05, 3.63) is 0 Å². The number of hydrogen-bond donors (Lipinski definition) is 1. The lowest BCUT2D eigenvalue weighted by Crippen LogP contribution is -2.10. The van der Waals surface area contributed by atoms with Crippen LogP contribution in [0.1, 0.15) is 156 Å². The maximum Gasteiger partial charge on any atom is 0.0540 e. The highest BCUT2D eigenvalue weighted by molar-refractivity contribution is 4.63. The Morgan fingerprint density at radius 3 is 1.21 bits per heavy atom.